The number of aromatic amines is 1. The van der Waals surface area contributed by atoms with Crippen LogP contribution in [0.5, 0.6) is 0 Å². The Morgan fingerprint density at radius 1 is 0.417 bits per heavy atom. The SMILES string of the molecule is c1ccc(-c2ccc3[nH]c4cc5c(ccc6c7cc(-c8ccccc8)ccc7oc56)cc4c3c2)cc1. The van der Waals surface area contributed by atoms with E-state index >= 15 is 0 Å². The van der Waals surface area contributed by atoms with Crippen LogP contribution in [0.1, 0.15) is 0 Å². The topological polar surface area (TPSA) is 28.9 Å². The third-order valence-corrected chi connectivity index (χ3v) is 7.38. The summed E-state index contributed by atoms with van der Waals surface area (Å²) in [5, 5.41) is 7.09. The Morgan fingerprint density at radius 3 is 1.83 bits per heavy atom. The molecule has 8 rings (SSSR count). The second-order valence-corrected chi connectivity index (χ2v) is 9.49. The average Bonchev–Trinajstić information content (AvgIpc) is 3.50. The van der Waals surface area contributed by atoms with Gasteiger partial charge in [-0.1, -0.05) is 78.9 Å². The maximum absolute atomic E-state index is 6.44. The lowest BCUT2D eigenvalue weighted by Gasteiger charge is -2.03. The zero-order chi connectivity index (χ0) is 23.6. The molecule has 0 spiro atoms. The number of fused-ring (bicyclic) bond motifs is 8. The van der Waals surface area contributed by atoms with Crippen LogP contribution < -0.4 is 0 Å². The van der Waals surface area contributed by atoms with Crippen LogP contribution in [0.25, 0.3) is 76.8 Å². The highest BCUT2D eigenvalue weighted by Gasteiger charge is 2.14. The minimum absolute atomic E-state index is 0.918. The summed E-state index contributed by atoms with van der Waals surface area (Å²) in [4.78, 5) is 3.64. The van der Waals surface area contributed by atoms with Gasteiger partial charge in [0.2, 0.25) is 0 Å². The Hall–Kier alpha value is -4.82. The van der Waals surface area contributed by atoms with Gasteiger partial charge < -0.3 is 9.40 Å². The van der Waals surface area contributed by atoms with Crippen molar-refractivity contribution in [3.8, 4) is 22.3 Å². The van der Waals surface area contributed by atoms with Crippen molar-refractivity contribution < 1.29 is 4.42 Å². The number of hydrogen-bond acceptors (Lipinski definition) is 1. The van der Waals surface area contributed by atoms with Crippen molar-refractivity contribution in [3.63, 3.8) is 0 Å². The summed E-state index contributed by atoms with van der Waals surface area (Å²) in [7, 11) is 0. The first kappa shape index (κ1) is 19.5. The van der Waals surface area contributed by atoms with E-state index in [1.807, 2.05) is 0 Å². The first-order valence-corrected chi connectivity index (χ1v) is 12.3. The quantitative estimate of drug-likeness (QED) is 0.274. The standard InChI is InChI=1S/C34H21NO/c1-3-7-21(8-4-1)23-12-15-31-28(17-23)29-19-25-11-14-26-30-18-24(22-9-5-2-6-10-22)13-16-33(30)36-34(26)27(25)20-32(29)35-31/h1-20,35H. The maximum atomic E-state index is 6.44. The summed E-state index contributed by atoms with van der Waals surface area (Å²) in [5.74, 6) is 0. The number of rotatable bonds is 2. The molecule has 2 nitrogen and oxygen atoms in total. The number of aromatic nitrogens is 1. The molecule has 2 aromatic heterocycles. The molecule has 1 N–H and O–H groups in total. The molecule has 168 valence electrons. The summed E-state index contributed by atoms with van der Waals surface area (Å²) in [5.41, 5.74) is 9.00. The molecule has 0 aliphatic rings. The van der Waals surface area contributed by atoms with E-state index in [1.54, 1.807) is 0 Å². The minimum Gasteiger partial charge on any atom is -0.455 e. The second-order valence-electron chi connectivity index (χ2n) is 9.49. The van der Waals surface area contributed by atoms with Crippen LogP contribution in [-0.2, 0) is 0 Å². The normalized spacial score (nSPS) is 11.9. The van der Waals surface area contributed by atoms with Crippen molar-refractivity contribution in [1.29, 1.82) is 0 Å². The van der Waals surface area contributed by atoms with Crippen LogP contribution in [0.2, 0.25) is 0 Å². The Morgan fingerprint density at radius 2 is 1.08 bits per heavy atom. The average molecular weight is 460 g/mol. The zero-order valence-electron chi connectivity index (χ0n) is 19.5. The molecule has 0 bridgehead atoms. The molecule has 0 fully saturated rings. The lowest BCUT2D eigenvalue weighted by molar-refractivity contribution is 0.673. The molecule has 0 aliphatic carbocycles. The van der Waals surface area contributed by atoms with Crippen LogP contribution in [-0.4, -0.2) is 4.98 Å². The lowest BCUT2D eigenvalue weighted by atomic mass is 10.00. The van der Waals surface area contributed by atoms with Crippen molar-refractivity contribution in [2.24, 2.45) is 0 Å². The van der Waals surface area contributed by atoms with Gasteiger partial charge in [-0.15, -0.1) is 0 Å². The summed E-state index contributed by atoms with van der Waals surface area (Å²) >= 11 is 0. The van der Waals surface area contributed by atoms with E-state index in [9.17, 15) is 0 Å². The van der Waals surface area contributed by atoms with E-state index in [1.165, 1.54) is 38.4 Å². The molecule has 2 heterocycles. The fourth-order valence-electron chi connectivity index (χ4n) is 5.57. The van der Waals surface area contributed by atoms with Crippen LogP contribution in [0.3, 0.4) is 0 Å². The molecular formula is C34H21NO. The van der Waals surface area contributed by atoms with Crippen LogP contribution >= 0.6 is 0 Å². The molecule has 0 amide bonds. The van der Waals surface area contributed by atoms with E-state index < -0.39 is 0 Å². The highest BCUT2D eigenvalue weighted by atomic mass is 16.3. The molecule has 0 radical (unpaired) electrons. The van der Waals surface area contributed by atoms with Gasteiger partial charge in [0.15, 0.2) is 0 Å². The fourth-order valence-corrected chi connectivity index (χ4v) is 5.57. The first-order chi connectivity index (χ1) is 17.8. The van der Waals surface area contributed by atoms with Gasteiger partial charge in [0.1, 0.15) is 11.2 Å². The van der Waals surface area contributed by atoms with Crippen molar-refractivity contribution in [1.82, 2.24) is 4.98 Å². The predicted octanol–water partition coefficient (Wildman–Crippen LogP) is 9.71. The fraction of sp³-hybridized carbons (Fsp3) is 0. The summed E-state index contributed by atoms with van der Waals surface area (Å²) < 4.78 is 6.44. The van der Waals surface area contributed by atoms with Gasteiger partial charge in [0.05, 0.1) is 0 Å². The van der Waals surface area contributed by atoms with E-state index in [4.69, 9.17) is 4.42 Å². The molecular weight excluding hydrogens is 438 g/mol. The van der Waals surface area contributed by atoms with Crippen molar-refractivity contribution in [2.75, 3.05) is 0 Å². The number of hydrogen-bond donors (Lipinski definition) is 1. The number of H-pyrrole nitrogens is 1. The Balaban J connectivity index is 1.35. The van der Waals surface area contributed by atoms with Gasteiger partial charge in [0, 0.05) is 38.0 Å². The smallest absolute Gasteiger partial charge is 0.143 e. The molecule has 36 heavy (non-hydrogen) atoms. The van der Waals surface area contributed by atoms with E-state index in [0.717, 1.165) is 38.4 Å². The molecule has 0 unspecified atom stereocenters. The Labute approximate surface area is 207 Å². The molecule has 2 heteroatoms. The van der Waals surface area contributed by atoms with Crippen LogP contribution in [0, 0.1) is 0 Å². The van der Waals surface area contributed by atoms with Crippen LogP contribution in [0.4, 0.5) is 0 Å². The maximum Gasteiger partial charge on any atom is 0.143 e. The summed E-state index contributed by atoms with van der Waals surface area (Å²) in [6, 6.07) is 43.2. The predicted molar refractivity (Wildman–Crippen MR) is 151 cm³/mol. The van der Waals surface area contributed by atoms with Gasteiger partial charge in [0.25, 0.3) is 0 Å². The van der Waals surface area contributed by atoms with Crippen molar-refractivity contribution >= 4 is 54.5 Å². The molecule has 0 aliphatic heterocycles. The van der Waals surface area contributed by atoms with Gasteiger partial charge in [-0.3, -0.25) is 0 Å². The summed E-state index contributed by atoms with van der Waals surface area (Å²) in [6.07, 6.45) is 0. The summed E-state index contributed by atoms with van der Waals surface area (Å²) in [6.45, 7) is 0. The lowest BCUT2D eigenvalue weighted by Crippen LogP contribution is -1.78. The van der Waals surface area contributed by atoms with Crippen molar-refractivity contribution in [3.05, 3.63) is 121 Å². The van der Waals surface area contributed by atoms with E-state index in [2.05, 4.69) is 126 Å². The van der Waals surface area contributed by atoms with E-state index in [0.29, 0.717) is 0 Å². The molecule has 6 aromatic carbocycles. The highest BCUT2D eigenvalue weighted by molar-refractivity contribution is 6.20. The molecule has 0 saturated carbocycles. The van der Waals surface area contributed by atoms with Gasteiger partial charge in [-0.2, -0.15) is 0 Å². The third-order valence-electron chi connectivity index (χ3n) is 7.38. The monoisotopic (exact) mass is 459 g/mol. The molecule has 8 aromatic rings. The van der Waals surface area contributed by atoms with E-state index in [-0.39, 0.29) is 0 Å². The number of furan rings is 1. The second kappa shape index (κ2) is 7.34. The Kier molecular flexibility index (Phi) is 3.97. The molecule has 0 atom stereocenters. The minimum atomic E-state index is 0.918. The van der Waals surface area contributed by atoms with Crippen LogP contribution in [0.15, 0.2) is 126 Å². The molecule has 0 saturated heterocycles. The van der Waals surface area contributed by atoms with Gasteiger partial charge >= 0.3 is 0 Å². The zero-order valence-corrected chi connectivity index (χ0v) is 19.5. The highest BCUT2D eigenvalue weighted by Crippen LogP contribution is 2.39. The third kappa shape index (κ3) is 2.85. The van der Waals surface area contributed by atoms with Gasteiger partial charge in [-0.25, -0.2) is 0 Å². The Bertz CT molecular complexity index is 2030. The number of nitrogens with one attached hydrogen (secondary N) is 1. The first-order valence-electron chi connectivity index (χ1n) is 12.3. The van der Waals surface area contributed by atoms with Gasteiger partial charge in [-0.05, 0) is 70.1 Å². The largest absolute Gasteiger partial charge is 0.455 e. The van der Waals surface area contributed by atoms with Crippen molar-refractivity contribution in [2.45, 2.75) is 0 Å². The number of benzene rings is 6.